The summed E-state index contributed by atoms with van der Waals surface area (Å²) in [6, 6.07) is 11.5. The summed E-state index contributed by atoms with van der Waals surface area (Å²) in [6.07, 6.45) is 0. The van der Waals surface area contributed by atoms with Gasteiger partial charge in [0, 0.05) is 0 Å². The lowest BCUT2D eigenvalue weighted by molar-refractivity contribution is 0.0527. The van der Waals surface area contributed by atoms with Crippen molar-refractivity contribution in [2.75, 3.05) is 19.0 Å². The normalized spacial score (nSPS) is 10.0. The Balaban J connectivity index is 2.36. The largest absolute Gasteiger partial charge is 0.496 e. The van der Waals surface area contributed by atoms with E-state index in [9.17, 15) is 9.59 Å². The van der Waals surface area contributed by atoms with Crippen molar-refractivity contribution in [3.05, 3.63) is 58.6 Å². The summed E-state index contributed by atoms with van der Waals surface area (Å²) in [5.41, 5.74) is 0.746. The topological polar surface area (TPSA) is 64.6 Å². The fraction of sp³-hybridized carbons (Fsp3) is 0.176. The van der Waals surface area contributed by atoms with Gasteiger partial charge in [0.25, 0.3) is 5.91 Å². The molecule has 0 aliphatic heterocycles. The molecule has 5 nitrogen and oxygen atoms in total. The number of rotatable bonds is 5. The molecule has 0 spiro atoms. The molecule has 0 aliphatic rings. The van der Waals surface area contributed by atoms with Crippen LogP contribution < -0.4 is 10.1 Å². The predicted molar refractivity (Wildman–Crippen MR) is 88.4 cm³/mol. The molecular weight excluding hydrogens is 318 g/mol. The SMILES string of the molecule is CCOC(=O)c1cccc(Cl)c1NC(=O)c1ccccc1OC. The van der Waals surface area contributed by atoms with Crippen molar-refractivity contribution in [1.82, 2.24) is 0 Å². The Morgan fingerprint density at radius 1 is 1.09 bits per heavy atom. The summed E-state index contributed by atoms with van der Waals surface area (Å²) in [6.45, 7) is 1.93. The first-order valence-corrected chi connectivity index (χ1v) is 7.36. The Labute approximate surface area is 139 Å². The Bertz CT molecular complexity index is 730. The number of carbonyl (C=O) groups excluding carboxylic acids is 2. The van der Waals surface area contributed by atoms with Gasteiger partial charge in [-0.1, -0.05) is 29.8 Å². The van der Waals surface area contributed by atoms with Crippen LogP contribution in [0.3, 0.4) is 0 Å². The van der Waals surface area contributed by atoms with Crippen molar-refractivity contribution < 1.29 is 19.1 Å². The molecule has 0 aliphatic carbocycles. The fourth-order valence-electron chi connectivity index (χ4n) is 2.04. The molecule has 0 saturated carbocycles. The van der Waals surface area contributed by atoms with Gasteiger partial charge in [-0.2, -0.15) is 0 Å². The van der Waals surface area contributed by atoms with Crippen LogP contribution in [0.15, 0.2) is 42.5 Å². The first kappa shape index (κ1) is 16.8. The van der Waals surface area contributed by atoms with Crippen LogP contribution in [0.4, 0.5) is 5.69 Å². The molecule has 1 N–H and O–H groups in total. The smallest absolute Gasteiger partial charge is 0.340 e. The van der Waals surface area contributed by atoms with Gasteiger partial charge in [-0.3, -0.25) is 4.79 Å². The van der Waals surface area contributed by atoms with Gasteiger partial charge < -0.3 is 14.8 Å². The third-order valence-electron chi connectivity index (χ3n) is 3.10. The van der Waals surface area contributed by atoms with Crippen LogP contribution in [0.2, 0.25) is 5.02 Å². The van der Waals surface area contributed by atoms with Crippen molar-refractivity contribution in [2.24, 2.45) is 0 Å². The van der Waals surface area contributed by atoms with Gasteiger partial charge in [-0.05, 0) is 31.2 Å². The first-order valence-electron chi connectivity index (χ1n) is 6.98. The Morgan fingerprint density at radius 3 is 2.48 bits per heavy atom. The van der Waals surface area contributed by atoms with Crippen LogP contribution in [-0.2, 0) is 4.74 Å². The number of nitrogens with one attached hydrogen (secondary N) is 1. The zero-order chi connectivity index (χ0) is 16.8. The van der Waals surface area contributed by atoms with E-state index < -0.39 is 11.9 Å². The standard InChI is InChI=1S/C17H16ClNO4/c1-3-23-17(21)12-8-6-9-13(18)15(12)19-16(20)11-7-4-5-10-14(11)22-2/h4-10H,3H2,1-2H3,(H,19,20). The summed E-state index contributed by atoms with van der Waals surface area (Å²) in [4.78, 5) is 24.5. The van der Waals surface area contributed by atoms with E-state index in [1.807, 2.05) is 0 Å². The maximum atomic E-state index is 12.5. The first-order chi connectivity index (χ1) is 11.1. The molecule has 2 rings (SSSR count). The van der Waals surface area contributed by atoms with E-state index in [0.717, 1.165) is 0 Å². The number of carbonyl (C=O) groups is 2. The monoisotopic (exact) mass is 333 g/mol. The summed E-state index contributed by atoms with van der Waals surface area (Å²) in [5, 5.41) is 2.91. The Morgan fingerprint density at radius 2 is 1.78 bits per heavy atom. The highest BCUT2D eigenvalue weighted by atomic mass is 35.5. The van der Waals surface area contributed by atoms with Crippen molar-refractivity contribution in [1.29, 1.82) is 0 Å². The average Bonchev–Trinajstić information content (AvgIpc) is 2.56. The van der Waals surface area contributed by atoms with Crippen molar-refractivity contribution in [3.8, 4) is 5.75 Å². The molecule has 0 aromatic heterocycles. The van der Waals surface area contributed by atoms with Crippen LogP contribution in [-0.4, -0.2) is 25.6 Å². The van der Waals surface area contributed by atoms with E-state index in [1.165, 1.54) is 7.11 Å². The van der Waals surface area contributed by atoms with Gasteiger partial charge in [0.1, 0.15) is 5.75 Å². The number of hydrogen-bond acceptors (Lipinski definition) is 4. The Hall–Kier alpha value is -2.53. The molecular formula is C17H16ClNO4. The number of amides is 1. The van der Waals surface area contributed by atoms with E-state index >= 15 is 0 Å². The minimum atomic E-state index is -0.551. The fourth-order valence-corrected chi connectivity index (χ4v) is 2.27. The second-order valence-electron chi connectivity index (χ2n) is 4.54. The number of hydrogen-bond donors (Lipinski definition) is 1. The van der Waals surface area contributed by atoms with Gasteiger partial charge >= 0.3 is 5.97 Å². The molecule has 1 amide bonds. The highest BCUT2D eigenvalue weighted by Crippen LogP contribution is 2.28. The molecule has 0 fully saturated rings. The van der Waals surface area contributed by atoms with Gasteiger partial charge in [-0.25, -0.2) is 4.79 Å². The average molecular weight is 334 g/mol. The van der Waals surface area contributed by atoms with Crippen molar-refractivity contribution in [3.63, 3.8) is 0 Å². The van der Waals surface area contributed by atoms with Crippen molar-refractivity contribution >= 4 is 29.2 Å². The number of methoxy groups -OCH3 is 1. The highest BCUT2D eigenvalue weighted by molar-refractivity contribution is 6.35. The lowest BCUT2D eigenvalue weighted by atomic mass is 10.1. The molecule has 0 saturated heterocycles. The molecule has 0 radical (unpaired) electrons. The minimum Gasteiger partial charge on any atom is -0.496 e. The van der Waals surface area contributed by atoms with E-state index in [-0.39, 0.29) is 22.9 Å². The molecule has 0 atom stereocenters. The van der Waals surface area contributed by atoms with E-state index in [0.29, 0.717) is 11.3 Å². The van der Waals surface area contributed by atoms with Crippen LogP contribution in [0, 0.1) is 0 Å². The second-order valence-corrected chi connectivity index (χ2v) is 4.94. The van der Waals surface area contributed by atoms with Crippen LogP contribution in [0.1, 0.15) is 27.6 Å². The quantitative estimate of drug-likeness (QED) is 0.846. The maximum absolute atomic E-state index is 12.5. The number of benzene rings is 2. The second kappa shape index (κ2) is 7.65. The molecule has 6 heteroatoms. The van der Waals surface area contributed by atoms with Crippen LogP contribution in [0.25, 0.3) is 0 Å². The van der Waals surface area contributed by atoms with Gasteiger partial charge in [-0.15, -0.1) is 0 Å². The predicted octanol–water partition coefficient (Wildman–Crippen LogP) is 3.78. The van der Waals surface area contributed by atoms with E-state index in [2.05, 4.69) is 5.32 Å². The molecule has 0 heterocycles. The third kappa shape index (κ3) is 3.81. The van der Waals surface area contributed by atoms with Gasteiger partial charge in [0.15, 0.2) is 0 Å². The van der Waals surface area contributed by atoms with Gasteiger partial charge in [0.2, 0.25) is 0 Å². The highest BCUT2D eigenvalue weighted by Gasteiger charge is 2.19. The van der Waals surface area contributed by atoms with E-state index in [1.54, 1.807) is 49.4 Å². The Kier molecular flexibility index (Phi) is 5.60. The number of para-hydroxylation sites is 2. The molecule has 0 unspecified atom stereocenters. The lowest BCUT2D eigenvalue weighted by Crippen LogP contribution is -2.17. The number of anilines is 1. The minimum absolute atomic E-state index is 0.197. The number of halogens is 1. The molecule has 2 aromatic carbocycles. The summed E-state index contributed by atoms with van der Waals surface area (Å²) in [7, 11) is 1.48. The molecule has 2 aromatic rings. The van der Waals surface area contributed by atoms with Crippen molar-refractivity contribution in [2.45, 2.75) is 6.92 Å². The molecule has 23 heavy (non-hydrogen) atoms. The zero-order valence-electron chi connectivity index (χ0n) is 12.8. The molecule has 120 valence electrons. The zero-order valence-corrected chi connectivity index (χ0v) is 13.5. The third-order valence-corrected chi connectivity index (χ3v) is 3.41. The summed E-state index contributed by atoms with van der Waals surface area (Å²) in [5.74, 6) is -0.554. The summed E-state index contributed by atoms with van der Waals surface area (Å²) >= 11 is 6.13. The van der Waals surface area contributed by atoms with Crippen LogP contribution >= 0.6 is 11.6 Å². The summed E-state index contributed by atoms with van der Waals surface area (Å²) < 4.78 is 10.1. The number of ether oxygens (including phenoxy) is 2. The van der Waals surface area contributed by atoms with Crippen LogP contribution in [0.5, 0.6) is 5.75 Å². The lowest BCUT2D eigenvalue weighted by Gasteiger charge is -2.13. The molecule has 0 bridgehead atoms. The number of esters is 1. The maximum Gasteiger partial charge on any atom is 0.340 e. The van der Waals surface area contributed by atoms with Gasteiger partial charge in [0.05, 0.1) is 35.6 Å². The van der Waals surface area contributed by atoms with E-state index in [4.69, 9.17) is 21.1 Å².